The van der Waals surface area contributed by atoms with Gasteiger partial charge in [0.05, 0.1) is 5.56 Å². The van der Waals surface area contributed by atoms with E-state index in [0.717, 1.165) is 12.0 Å². The minimum Gasteiger partial charge on any atom is -0.481 e. The van der Waals surface area contributed by atoms with Crippen molar-refractivity contribution in [2.75, 3.05) is 6.61 Å². The van der Waals surface area contributed by atoms with Crippen molar-refractivity contribution in [3.63, 3.8) is 0 Å². The van der Waals surface area contributed by atoms with E-state index < -0.39 is 11.6 Å². The molecule has 0 saturated heterocycles. The number of hydrogen-bond donors (Lipinski definition) is 0. The molecule has 0 amide bonds. The monoisotopic (exact) mass is 394 g/mol. The average Bonchev–Trinajstić information content (AvgIpc) is 2.97. The topological polar surface area (TPSA) is 61.8 Å². The van der Waals surface area contributed by atoms with Gasteiger partial charge in [0.2, 0.25) is 5.78 Å². The molecule has 5 nitrogen and oxygen atoms in total. The molecule has 0 saturated carbocycles. The summed E-state index contributed by atoms with van der Waals surface area (Å²) in [6, 6.07) is 11.3. The Bertz CT molecular complexity index is 962. The van der Waals surface area contributed by atoms with Crippen LogP contribution in [0.4, 0.5) is 0 Å². The molecule has 152 valence electrons. The Morgan fingerprint density at radius 1 is 1.10 bits per heavy atom. The summed E-state index contributed by atoms with van der Waals surface area (Å²) in [5.74, 6) is 0.604. The maximum atomic E-state index is 12.7. The highest BCUT2D eigenvalue weighted by molar-refractivity contribution is 6.15. The highest BCUT2D eigenvalue weighted by Crippen LogP contribution is 2.39. The fraction of sp³-hybridized carbons (Fsp3) is 0.333. The second-order valence-corrected chi connectivity index (χ2v) is 7.98. The second-order valence-electron chi connectivity index (χ2n) is 7.98. The lowest BCUT2D eigenvalue weighted by atomic mass is 10.0. The molecule has 0 unspecified atom stereocenters. The highest BCUT2D eigenvalue weighted by Gasteiger charge is 2.30. The number of hydrogen-bond acceptors (Lipinski definition) is 5. The number of ketones is 1. The van der Waals surface area contributed by atoms with Crippen LogP contribution in [0.15, 0.2) is 42.2 Å². The van der Waals surface area contributed by atoms with Gasteiger partial charge in [-0.05, 0) is 63.5 Å². The van der Waals surface area contributed by atoms with E-state index in [1.165, 1.54) is 5.56 Å². The van der Waals surface area contributed by atoms with E-state index in [4.69, 9.17) is 14.2 Å². The van der Waals surface area contributed by atoms with Crippen molar-refractivity contribution >= 4 is 17.8 Å². The summed E-state index contributed by atoms with van der Waals surface area (Å²) < 4.78 is 16.7. The minimum absolute atomic E-state index is 0.165. The van der Waals surface area contributed by atoms with Crippen molar-refractivity contribution in [3.8, 4) is 11.5 Å². The number of Topliss-reactive ketones (excluding diaryl/α,β-unsaturated/α-hetero) is 1. The lowest BCUT2D eigenvalue weighted by Gasteiger charge is -2.19. The van der Waals surface area contributed by atoms with E-state index in [2.05, 4.69) is 6.92 Å². The van der Waals surface area contributed by atoms with Gasteiger partial charge in [-0.15, -0.1) is 0 Å². The number of benzene rings is 2. The van der Waals surface area contributed by atoms with E-state index in [1.807, 2.05) is 24.3 Å². The lowest BCUT2D eigenvalue weighted by Crippen LogP contribution is -2.27. The van der Waals surface area contributed by atoms with Gasteiger partial charge in [-0.1, -0.05) is 31.2 Å². The highest BCUT2D eigenvalue weighted by atomic mass is 16.6. The van der Waals surface area contributed by atoms with Crippen molar-refractivity contribution in [3.05, 3.63) is 64.4 Å². The van der Waals surface area contributed by atoms with Crippen LogP contribution in [-0.4, -0.2) is 24.0 Å². The molecule has 1 heterocycles. The molecule has 2 aromatic rings. The molecule has 1 aliphatic heterocycles. The fourth-order valence-corrected chi connectivity index (χ4v) is 3.03. The Labute approximate surface area is 171 Å². The SMILES string of the molecule is CCc1ccc(/C=C2\Oc3c(ccc(OCC(=O)OC(C)(C)C)c3C)C2=O)cc1. The van der Waals surface area contributed by atoms with Crippen LogP contribution >= 0.6 is 0 Å². The van der Waals surface area contributed by atoms with Gasteiger partial charge in [-0.25, -0.2) is 4.79 Å². The average molecular weight is 394 g/mol. The van der Waals surface area contributed by atoms with Gasteiger partial charge in [0, 0.05) is 5.56 Å². The molecular weight excluding hydrogens is 368 g/mol. The van der Waals surface area contributed by atoms with E-state index in [9.17, 15) is 9.59 Å². The first-order valence-corrected chi connectivity index (χ1v) is 9.69. The Morgan fingerprint density at radius 3 is 2.41 bits per heavy atom. The van der Waals surface area contributed by atoms with Crippen LogP contribution in [0.2, 0.25) is 0 Å². The molecule has 2 aromatic carbocycles. The first kappa shape index (κ1) is 20.6. The first-order chi connectivity index (χ1) is 13.7. The summed E-state index contributed by atoms with van der Waals surface area (Å²) in [6.07, 6.45) is 2.70. The largest absolute Gasteiger partial charge is 0.481 e. The molecule has 0 N–H and O–H groups in total. The Hall–Kier alpha value is -3.08. The van der Waals surface area contributed by atoms with Gasteiger partial charge in [-0.3, -0.25) is 4.79 Å². The number of rotatable bonds is 5. The molecule has 0 aromatic heterocycles. The summed E-state index contributed by atoms with van der Waals surface area (Å²) in [4.78, 5) is 24.6. The van der Waals surface area contributed by atoms with Gasteiger partial charge in [0.25, 0.3) is 0 Å². The smallest absolute Gasteiger partial charge is 0.344 e. The fourth-order valence-electron chi connectivity index (χ4n) is 3.03. The van der Waals surface area contributed by atoms with Crippen LogP contribution in [0.5, 0.6) is 11.5 Å². The summed E-state index contributed by atoms with van der Waals surface area (Å²) >= 11 is 0. The standard InChI is InChI=1S/C24H26O5/c1-6-16-7-9-17(10-8-16)13-20-22(26)18-11-12-19(15(2)23(18)28-20)27-14-21(25)29-24(3,4)5/h7-13H,6,14H2,1-5H3/b20-13-. The van der Waals surface area contributed by atoms with Crippen LogP contribution in [0.1, 0.15) is 54.7 Å². The number of carbonyl (C=O) groups excluding carboxylic acids is 2. The Kier molecular flexibility index (Phi) is 5.78. The van der Waals surface area contributed by atoms with Crippen LogP contribution in [0, 0.1) is 6.92 Å². The number of ether oxygens (including phenoxy) is 3. The maximum Gasteiger partial charge on any atom is 0.344 e. The zero-order valence-electron chi connectivity index (χ0n) is 17.5. The van der Waals surface area contributed by atoms with Crippen molar-refractivity contribution in [1.29, 1.82) is 0 Å². The third-order valence-electron chi connectivity index (χ3n) is 4.49. The lowest BCUT2D eigenvalue weighted by molar-refractivity contribution is -0.157. The molecule has 0 bridgehead atoms. The minimum atomic E-state index is -0.571. The zero-order chi connectivity index (χ0) is 21.2. The van der Waals surface area contributed by atoms with Crippen LogP contribution in [0.25, 0.3) is 6.08 Å². The van der Waals surface area contributed by atoms with Crippen LogP contribution < -0.4 is 9.47 Å². The predicted molar refractivity (Wildman–Crippen MR) is 111 cm³/mol. The van der Waals surface area contributed by atoms with Crippen molar-refractivity contribution in [2.24, 2.45) is 0 Å². The quantitative estimate of drug-likeness (QED) is 0.533. The summed E-state index contributed by atoms with van der Waals surface area (Å²) in [5, 5.41) is 0. The third kappa shape index (κ3) is 4.86. The Morgan fingerprint density at radius 2 is 1.79 bits per heavy atom. The van der Waals surface area contributed by atoms with Gasteiger partial charge >= 0.3 is 5.97 Å². The molecule has 0 radical (unpaired) electrons. The second kappa shape index (κ2) is 8.11. The van der Waals surface area contributed by atoms with Crippen molar-refractivity contribution in [2.45, 2.75) is 46.6 Å². The predicted octanol–water partition coefficient (Wildman–Crippen LogP) is 4.89. The zero-order valence-corrected chi connectivity index (χ0v) is 17.5. The number of fused-ring (bicyclic) bond motifs is 1. The summed E-state index contributed by atoms with van der Waals surface area (Å²) in [7, 11) is 0. The van der Waals surface area contributed by atoms with Crippen LogP contribution in [0.3, 0.4) is 0 Å². The molecule has 1 aliphatic rings. The third-order valence-corrected chi connectivity index (χ3v) is 4.49. The van der Waals surface area contributed by atoms with Gasteiger partial charge in [-0.2, -0.15) is 0 Å². The maximum absolute atomic E-state index is 12.7. The molecule has 5 heteroatoms. The van der Waals surface area contributed by atoms with E-state index in [1.54, 1.807) is 45.9 Å². The van der Waals surface area contributed by atoms with E-state index >= 15 is 0 Å². The molecule has 0 atom stereocenters. The molecule has 0 aliphatic carbocycles. The van der Waals surface area contributed by atoms with Gasteiger partial charge in [0.1, 0.15) is 17.1 Å². The number of allylic oxidation sites excluding steroid dienone is 1. The van der Waals surface area contributed by atoms with E-state index in [0.29, 0.717) is 22.6 Å². The molecule has 0 spiro atoms. The van der Waals surface area contributed by atoms with Crippen LogP contribution in [-0.2, 0) is 16.0 Å². The molecule has 0 fully saturated rings. The van der Waals surface area contributed by atoms with E-state index in [-0.39, 0.29) is 18.1 Å². The summed E-state index contributed by atoms with van der Waals surface area (Å²) in [6.45, 7) is 9.09. The molecular formula is C24H26O5. The number of esters is 1. The van der Waals surface area contributed by atoms with Gasteiger partial charge in [0.15, 0.2) is 12.4 Å². The Balaban J connectivity index is 1.76. The molecule has 3 rings (SSSR count). The van der Waals surface area contributed by atoms with Crippen molar-refractivity contribution < 1.29 is 23.8 Å². The number of carbonyl (C=O) groups is 2. The number of aryl methyl sites for hydroxylation is 1. The van der Waals surface area contributed by atoms with Gasteiger partial charge < -0.3 is 14.2 Å². The first-order valence-electron chi connectivity index (χ1n) is 9.69. The normalized spacial score (nSPS) is 14.5. The summed E-state index contributed by atoms with van der Waals surface area (Å²) in [5.41, 5.74) is 2.72. The molecule has 29 heavy (non-hydrogen) atoms. The van der Waals surface area contributed by atoms with Crippen molar-refractivity contribution in [1.82, 2.24) is 0 Å².